The van der Waals surface area contributed by atoms with Crippen LogP contribution in [0.1, 0.15) is 59.8 Å². The van der Waals surface area contributed by atoms with E-state index in [9.17, 15) is 4.79 Å². The zero-order chi connectivity index (χ0) is 16.9. The average Bonchev–Trinajstić information content (AvgIpc) is 2.62. The van der Waals surface area contributed by atoms with Gasteiger partial charge in [-0.3, -0.25) is 5.32 Å². The maximum Gasteiger partial charge on any atom is 0.412 e. The van der Waals surface area contributed by atoms with Crippen LogP contribution in [0.5, 0.6) is 0 Å². The van der Waals surface area contributed by atoms with Gasteiger partial charge in [0, 0.05) is 17.4 Å². The van der Waals surface area contributed by atoms with Crippen molar-refractivity contribution in [2.45, 2.75) is 71.4 Å². The summed E-state index contributed by atoms with van der Waals surface area (Å²) in [7, 11) is 0. The molecule has 128 valence electrons. The third-order valence-corrected chi connectivity index (χ3v) is 4.14. The number of benzene rings is 1. The Kier molecular flexibility index (Phi) is 5.91. The zero-order valence-corrected chi connectivity index (χ0v) is 14.8. The van der Waals surface area contributed by atoms with E-state index in [1.807, 2.05) is 39.0 Å². The smallest absolute Gasteiger partial charge is 0.412 e. The average molecular weight is 318 g/mol. The number of carbonyl (C=O) groups is 1. The molecule has 0 aromatic heterocycles. The predicted molar refractivity (Wildman–Crippen MR) is 96.0 cm³/mol. The molecule has 0 aliphatic heterocycles. The molecule has 1 aliphatic carbocycles. The van der Waals surface area contributed by atoms with Crippen LogP contribution in [-0.2, 0) is 4.74 Å². The molecule has 0 saturated heterocycles. The topological polar surface area (TPSA) is 50.4 Å². The second-order valence-electron chi connectivity index (χ2n) is 7.66. The standard InChI is InChI=1S/C19H30N2O2/c1-14-7-5-8-15(12-11-14)20-16-9-6-10-17(13-16)21-18(22)23-19(2,3)4/h6,9-10,13-15,20H,5,7-8,11-12H2,1-4H3,(H,21,22). The Morgan fingerprint density at radius 1 is 1.13 bits per heavy atom. The van der Waals surface area contributed by atoms with E-state index in [0.29, 0.717) is 6.04 Å². The minimum absolute atomic E-state index is 0.419. The van der Waals surface area contributed by atoms with Gasteiger partial charge in [-0.2, -0.15) is 0 Å². The van der Waals surface area contributed by atoms with Crippen LogP contribution < -0.4 is 10.6 Å². The predicted octanol–water partition coefficient (Wildman–Crippen LogP) is 5.41. The van der Waals surface area contributed by atoms with E-state index >= 15 is 0 Å². The summed E-state index contributed by atoms with van der Waals surface area (Å²) in [5, 5.41) is 6.41. The lowest BCUT2D eigenvalue weighted by atomic mass is 10.0. The molecule has 1 saturated carbocycles. The minimum atomic E-state index is -0.489. The maximum atomic E-state index is 11.9. The molecule has 2 rings (SSSR count). The lowest BCUT2D eigenvalue weighted by Crippen LogP contribution is -2.27. The highest BCUT2D eigenvalue weighted by molar-refractivity contribution is 5.85. The first kappa shape index (κ1) is 17.6. The Balaban J connectivity index is 1.93. The van der Waals surface area contributed by atoms with Crippen LogP contribution in [0.3, 0.4) is 0 Å². The quantitative estimate of drug-likeness (QED) is 0.732. The van der Waals surface area contributed by atoms with Crippen LogP contribution in [0.2, 0.25) is 0 Å². The number of hydrogen-bond acceptors (Lipinski definition) is 3. The third-order valence-electron chi connectivity index (χ3n) is 4.14. The number of amides is 1. The highest BCUT2D eigenvalue weighted by Gasteiger charge is 2.17. The summed E-state index contributed by atoms with van der Waals surface area (Å²) >= 11 is 0. The Morgan fingerprint density at radius 2 is 1.87 bits per heavy atom. The van der Waals surface area contributed by atoms with E-state index in [0.717, 1.165) is 17.3 Å². The lowest BCUT2D eigenvalue weighted by Gasteiger charge is -2.20. The minimum Gasteiger partial charge on any atom is -0.444 e. The lowest BCUT2D eigenvalue weighted by molar-refractivity contribution is 0.0636. The largest absolute Gasteiger partial charge is 0.444 e. The van der Waals surface area contributed by atoms with Crippen LogP contribution >= 0.6 is 0 Å². The molecule has 0 heterocycles. The normalized spacial score (nSPS) is 22.1. The van der Waals surface area contributed by atoms with Gasteiger partial charge in [0.05, 0.1) is 0 Å². The van der Waals surface area contributed by atoms with Gasteiger partial charge in [-0.05, 0) is 64.2 Å². The van der Waals surface area contributed by atoms with Crippen LogP contribution in [-0.4, -0.2) is 17.7 Å². The highest BCUT2D eigenvalue weighted by Crippen LogP contribution is 2.26. The van der Waals surface area contributed by atoms with E-state index in [2.05, 4.69) is 23.6 Å². The van der Waals surface area contributed by atoms with E-state index in [-0.39, 0.29) is 0 Å². The molecule has 1 aromatic carbocycles. The first-order chi connectivity index (χ1) is 10.8. The number of nitrogens with one attached hydrogen (secondary N) is 2. The molecule has 4 heteroatoms. The van der Waals surface area contributed by atoms with Gasteiger partial charge in [-0.15, -0.1) is 0 Å². The Labute approximate surface area is 140 Å². The van der Waals surface area contributed by atoms with Gasteiger partial charge in [0.25, 0.3) is 0 Å². The molecular weight excluding hydrogens is 288 g/mol. The molecule has 2 N–H and O–H groups in total. The fourth-order valence-electron chi connectivity index (χ4n) is 2.98. The van der Waals surface area contributed by atoms with Crippen LogP contribution in [0.4, 0.5) is 16.2 Å². The van der Waals surface area contributed by atoms with Gasteiger partial charge in [-0.25, -0.2) is 4.79 Å². The summed E-state index contributed by atoms with van der Waals surface area (Å²) in [6.07, 6.45) is 5.91. The molecular formula is C19H30N2O2. The van der Waals surface area contributed by atoms with Gasteiger partial charge in [0.15, 0.2) is 0 Å². The summed E-state index contributed by atoms with van der Waals surface area (Å²) in [6, 6.07) is 8.38. The van der Waals surface area contributed by atoms with Gasteiger partial charge >= 0.3 is 6.09 Å². The van der Waals surface area contributed by atoms with Gasteiger partial charge in [0.2, 0.25) is 0 Å². The van der Waals surface area contributed by atoms with Gasteiger partial charge in [-0.1, -0.05) is 25.8 Å². The highest BCUT2D eigenvalue weighted by atomic mass is 16.6. The zero-order valence-electron chi connectivity index (χ0n) is 14.8. The van der Waals surface area contributed by atoms with E-state index in [1.165, 1.54) is 32.1 Å². The molecule has 0 spiro atoms. The second-order valence-corrected chi connectivity index (χ2v) is 7.66. The van der Waals surface area contributed by atoms with Crippen molar-refractivity contribution < 1.29 is 9.53 Å². The molecule has 2 atom stereocenters. The Bertz CT molecular complexity index is 522. The molecule has 1 aliphatic rings. The summed E-state index contributed by atoms with van der Waals surface area (Å²) in [6.45, 7) is 7.92. The summed E-state index contributed by atoms with van der Waals surface area (Å²) in [5.74, 6) is 0.835. The first-order valence-electron chi connectivity index (χ1n) is 8.68. The maximum absolute atomic E-state index is 11.9. The molecule has 4 nitrogen and oxygen atoms in total. The van der Waals surface area contributed by atoms with E-state index in [4.69, 9.17) is 4.74 Å². The van der Waals surface area contributed by atoms with Crippen molar-refractivity contribution in [2.24, 2.45) is 5.92 Å². The first-order valence-corrected chi connectivity index (χ1v) is 8.68. The van der Waals surface area contributed by atoms with Gasteiger partial charge < -0.3 is 10.1 Å². The number of rotatable bonds is 3. The Morgan fingerprint density at radius 3 is 2.61 bits per heavy atom. The Hall–Kier alpha value is -1.71. The second kappa shape index (κ2) is 7.71. The number of anilines is 2. The molecule has 1 fully saturated rings. The van der Waals surface area contributed by atoms with E-state index in [1.54, 1.807) is 0 Å². The monoisotopic (exact) mass is 318 g/mol. The fraction of sp³-hybridized carbons (Fsp3) is 0.632. The fourth-order valence-corrected chi connectivity index (χ4v) is 2.98. The summed E-state index contributed by atoms with van der Waals surface area (Å²) < 4.78 is 5.29. The van der Waals surface area contributed by atoms with Crippen LogP contribution in [0.25, 0.3) is 0 Å². The van der Waals surface area contributed by atoms with Crippen molar-refractivity contribution >= 4 is 17.5 Å². The van der Waals surface area contributed by atoms with E-state index < -0.39 is 11.7 Å². The van der Waals surface area contributed by atoms with Crippen molar-refractivity contribution in [2.75, 3.05) is 10.6 Å². The van der Waals surface area contributed by atoms with Crippen molar-refractivity contribution in [1.29, 1.82) is 0 Å². The molecule has 1 aromatic rings. The van der Waals surface area contributed by atoms with Crippen molar-refractivity contribution in [3.63, 3.8) is 0 Å². The molecule has 0 bridgehead atoms. The van der Waals surface area contributed by atoms with Crippen molar-refractivity contribution in [3.8, 4) is 0 Å². The summed E-state index contributed by atoms with van der Waals surface area (Å²) in [5.41, 5.74) is 1.32. The van der Waals surface area contributed by atoms with Crippen LogP contribution in [0, 0.1) is 5.92 Å². The number of ether oxygens (including phenoxy) is 1. The van der Waals surface area contributed by atoms with Gasteiger partial charge in [0.1, 0.15) is 5.60 Å². The SMILES string of the molecule is CC1CCCC(Nc2cccc(NC(=O)OC(C)(C)C)c2)CC1. The number of hydrogen-bond donors (Lipinski definition) is 2. The summed E-state index contributed by atoms with van der Waals surface area (Å²) in [4.78, 5) is 11.9. The number of carbonyl (C=O) groups excluding carboxylic acids is 1. The molecule has 2 unspecified atom stereocenters. The molecule has 1 amide bonds. The van der Waals surface area contributed by atoms with Crippen LogP contribution in [0.15, 0.2) is 24.3 Å². The molecule has 23 heavy (non-hydrogen) atoms. The van der Waals surface area contributed by atoms with Crippen molar-refractivity contribution in [3.05, 3.63) is 24.3 Å². The van der Waals surface area contributed by atoms with Crippen molar-refractivity contribution in [1.82, 2.24) is 0 Å². The third kappa shape index (κ3) is 6.51. The molecule has 0 radical (unpaired) electrons.